The van der Waals surface area contributed by atoms with Crippen LogP contribution in [0, 0.1) is 0 Å². The van der Waals surface area contributed by atoms with Gasteiger partial charge in [-0.15, -0.1) is 10.2 Å². The molecule has 1 aromatic heterocycles. The molecule has 0 radical (unpaired) electrons. The molecule has 1 aromatic carbocycles. The lowest BCUT2D eigenvalue weighted by Crippen LogP contribution is -2.22. The molecular weight excluding hydrogens is 356 g/mol. The Hall–Kier alpha value is -1.93. The summed E-state index contributed by atoms with van der Waals surface area (Å²) in [5.74, 6) is -0.0922. The van der Waals surface area contributed by atoms with Crippen LogP contribution in [0.5, 0.6) is 0 Å². The molecule has 8 heteroatoms. The van der Waals surface area contributed by atoms with Gasteiger partial charge in [0.05, 0.1) is 5.25 Å². The predicted molar refractivity (Wildman–Crippen MR) is 102 cm³/mol. The molecule has 1 saturated heterocycles. The molecular formula is C17H20N4O2S2. The molecule has 6 nitrogen and oxygen atoms in total. The summed E-state index contributed by atoms with van der Waals surface area (Å²) in [7, 11) is 0. The molecule has 0 spiro atoms. The first-order chi connectivity index (χ1) is 12.0. The van der Waals surface area contributed by atoms with E-state index in [2.05, 4.69) is 20.4 Å². The van der Waals surface area contributed by atoms with Crippen LogP contribution >= 0.6 is 23.1 Å². The van der Waals surface area contributed by atoms with Crippen molar-refractivity contribution in [2.75, 3.05) is 23.3 Å². The zero-order valence-electron chi connectivity index (χ0n) is 14.2. The second-order valence-electron chi connectivity index (χ2n) is 5.93. The SMILES string of the molecule is CC(=O)c1ccc(NC(=O)C(C)Sc2nnc(N3CCCC3)s2)cc1. The first kappa shape index (κ1) is 17.9. The number of nitrogens with zero attached hydrogens (tertiary/aromatic N) is 3. The average molecular weight is 377 g/mol. The van der Waals surface area contributed by atoms with E-state index in [9.17, 15) is 9.59 Å². The number of rotatable bonds is 6. The molecule has 2 aromatic rings. The van der Waals surface area contributed by atoms with Crippen LogP contribution in [-0.2, 0) is 4.79 Å². The molecule has 1 unspecified atom stereocenters. The van der Waals surface area contributed by atoms with E-state index >= 15 is 0 Å². The molecule has 1 fully saturated rings. The molecule has 132 valence electrons. The monoisotopic (exact) mass is 376 g/mol. The van der Waals surface area contributed by atoms with Crippen LogP contribution in [0.4, 0.5) is 10.8 Å². The van der Waals surface area contributed by atoms with Crippen molar-refractivity contribution in [3.05, 3.63) is 29.8 Å². The fraction of sp³-hybridized carbons (Fsp3) is 0.412. The molecule has 0 saturated carbocycles. The quantitative estimate of drug-likeness (QED) is 0.615. The molecule has 1 amide bonds. The molecule has 1 N–H and O–H groups in total. The minimum Gasteiger partial charge on any atom is -0.347 e. The van der Waals surface area contributed by atoms with Gasteiger partial charge in [-0.2, -0.15) is 0 Å². The molecule has 1 aliphatic rings. The van der Waals surface area contributed by atoms with E-state index in [1.165, 1.54) is 42.9 Å². The number of nitrogens with one attached hydrogen (secondary N) is 1. The van der Waals surface area contributed by atoms with Crippen molar-refractivity contribution in [3.8, 4) is 0 Å². The van der Waals surface area contributed by atoms with E-state index in [1.54, 1.807) is 24.3 Å². The highest BCUT2D eigenvalue weighted by atomic mass is 32.2. The van der Waals surface area contributed by atoms with Crippen molar-refractivity contribution in [3.63, 3.8) is 0 Å². The zero-order valence-corrected chi connectivity index (χ0v) is 15.8. The van der Waals surface area contributed by atoms with Gasteiger partial charge in [0.25, 0.3) is 0 Å². The van der Waals surface area contributed by atoms with Crippen LogP contribution in [0.25, 0.3) is 0 Å². The van der Waals surface area contributed by atoms with Gasteiger partial charge in [-0.25, -0.2) is 0 Å². The van der Waals surface area contributed by atoms with Crippen molar-refractivity contribution < 1.29 is 9.59 Å². The van der Waals surface area contributed by atoms with Crippen LogP contribution < -0.4 is 10.2 Å². The lowest BCUT2D eigenvalue weighted by Gasteiger charge is -2.11. The van der Waals surface area contributed by atoms with Crippen LogP contribution in [0.15, 0.2) is 28.6 Å². The number of carbonyl (C=O) groups excluding carboxylic acids is 2. The van der Waals surface area contributed by atoms with E-state index in [1.807, 2.05) is 6.92 Å². The minimum absolute atomic E-state index is 0.00637. The second-order valence-corrected chi connectivity index (χ2v) is 8.47. The maximum atomic E-state index is 12.3. The van der Waals surface area contributed by atoms with Crippen molar-refractivity contribution in [2.45, 2.75) is 36.3 Å². The van der Waals surface area contributed by atoms with Crippen LogP contribution in [0.1, 0.15) is 37.0 Å². The van der Waals surface area contributed by atoms with Gasteiger partial charge in [-0.3, -0.25) is 9.59 Å². The van der Waals surface area contributed by atoms with Crippen LogP contribution in [0.2, 0.25) is 0 Å². The average Bonchev–Trinajstić information content (AvgIpc) is 3.26. The first-order valence-corrected chi connectivity index (χ1v) is 9.89. The highest BCUT2D eigenvalue weighted by Gasteiger charge is 2.20. The normalized spacial score (nSPS) is 15.2. The van der Waals surface area contributed by atoms with Crippen molar-refractivity contribution in [1.82, 2.24) is 10.2 Å². The third-order valence-corrected chi connectivity index (χ3v) is 6.15. The highest BCUT2D eigenvalue weighted by Crippen LogP contribution is 2.32. The Morgan fingerprint density at radius 2 is 1.88 bits per heavy atom. The Morgan fingerprint density at radius 1 is 1.20 bits per heavy atom. The number of hydrogen-bond donors (Lipinski definition) is 1. The molecule has 1 aliphatic heterocycles. The van der Waals surface area contributed by atoms with Gasteiger partial charge in [0.2, 0.25) is 11.0 Å². The van der Waals surface area contributed by atoms with Gasteiger partial charge < -0.3 is 10.2 Å². The number of anilines is 2. The number of carbonyl (C=O) groups is 2. The number of ketones is 1. The number of benzene rings is 1. The Morgan fingerprint density at radius 3 is 2.52 bits per heavy atom. The molecule has 0 aliphatic carbocycles. The summed E-state index contributed by atoms with van der Waals surface area (Å²) >= 11 is 2.95. The predicted octanol–water partition coefficient (Wildman–Crippen LogP) is 3.46. The molecule has 0 bridgehead atoms. The summed E-state index contributed by atoms with van der Waals surface area (Å²) in [4.78, 5) is 25.9. The lowest BCUT2D eigenvalue weighted by atomic mass is 10.1. The van der Waals surface area contributed by atoms with Crippen molar-refractivity contribution >= 4 is 45.6 Å². The number of amides is 1. The highest BCUT2D eigenvalue weighted by molar-refractivity contribution is 8.02. The summed E-state index contributed by atoms with van der Waals surface area (Å²) in [5, 5.41) is 11.9. The molecule has 1 atom stereocenters. The molecule has 3 rings (SSSR count). The Kier molecular flexibility index (Phi) is 5.70. The van der Waals surface area contributed by atoms with E-state index in [4.69, 9.17) is 0 Å². The molecule has 25 heavy (non-hydrogen) atoms. The summed E-state index contributed by atoms with van der Waals surface area (Å²) < 4.78 is 0.802. The number of thioether (sulfide) groups is 1. The number of Topliss-reactive ketones (excluding diaryl/α,β-unsaturated/α-hetero) is 1. The smallest absolute Gasteiger partial charge is 0.237 e. The Bertz CT molecular complexity index is 754. The maximum Gasteiger partial charge on any atom is 0.237 e. The zero-order chi connectivity index (χ0) is 17.8. The second kappa shape index (κ2) is 7.97. The largest absolute Gasteiger partial charge is 0.347 e. The standard InChI is InChI=1S/C17H20N4O2S2/c1-11(22)13-5-7-14(8-6-13)18-15(23)12(2)24-17-20-19-16(25-17)21-9-3-4-10-21/h5-8,12H,3-4,9-10H2,1-2H3,(H,18,23). The van der Waals surface area contributed by atoms with Gasteiger partial charge in [-0.05, 0) is 51.0 Å². The number of hydrogen-bond acceptors (Lipinski definition) is 7. The summed E-state index contributed by atoms with van der Waals surface area (Å²) in [6.45, 7) is 5.43. The van der Waals surface area contributed by atoms with Crippen molar-refractivity contribution in [2.24, 2.45) is 0 Å². The topological polar surface area (TPSA) is 75.2 Å². The summed E-state index contributed by atoms with van der Waals surface area (Å²) in [6, 6.07) is 6.90. The van der Waals surface area contributed by atoms with E-state index in [-0.39, 0.29) is 16.9 Å². The maximum absolute atomic E-state index is 12.3. The van der Waals surface area contributed by atoms with Gasteiger partial charge in [0.15, 0.2) is 10.1 Å². The molecule has 2 heterocycles. The van der Waals surface area contributed by atoms with Gasteiger partial charge in [0.1, 0.15) is 0 Å². The van der Waals surface area contributed by atoms with Crippen molar-refractivity contribution in [1.29, 1.82) is 0 Å². The minimum atomic E-state index is -0.285. The van der Waals surface area contributed by atoms with E-state index in [0.29, 0.717) is 11.3 Å². The summed E-state index contributed by atoms with van der Waals surface area (Å²) in [6.07, 6.45) is 2.40. The fourth-order valence-electron chi connectivity index (χ4n) is 2.52. The third kappa shape index (κ3) is 4.58. The van der Waals surface area contributed by atoms with E-state index in [0.717, 1.165) is 22.6 Å². The fourth-order valence-corrected chi connectivity index (χ4v) is 4.56. The van der Waals surface area contributed by atoms with Gasteiger partial charge >= 0.3 is 0 Å². The van der Waals surface area contributed by atoms with Gasteiger partial charge in [-0.1, -0.05) is 23.1 Å². The first-order valence-electron chi connectivity index (χ1n) is 8.20. The Labute approximate surface area is 155 Å². The number of aromatic nitrogens is 2. The lowest BCUT2D eigenvalue weighted by molar-refractivity contribution is -0.115. The van der Waals surface area contributed by atoms with Crippen LogP contribution in [0.3, 0.4) is 0 Å². The van der Waals surface area contributed by atoms with Gasteiger partial charge in [0, 0.05) is 24.3 Å². The van der Waals surface area contributed by atoms with E-state index < -0.39 is 0 Å². The van der Waals surface area contributed by atoms with Crippen LogP contribution in [-0.4, -0.2) is 40.2 Å². The summed E-state index contributed by atoms with van der Waals surface area (Å²) in [5.41, 5.74) is 1.31. The third-order valence-electron chi connectivity index (χ3n) is 3.98. The Balaban J connectivity index is 1.56.